The number of nitriles is 1. The van der Waals surface area contributed by atoms with Crippen LogP contribution in [0.1, 0.15) is 54.7 Å². The first-order chi connectivity index (χ1) is 9.13. The van der Waals surface area contributed by atoms with E-state index in [1.165, 1.54) is 0 Å². The lowest BCUT2D eigenvalue weighted by Gasteiger charge is -2.06. The van der Waals surface area contributed by atoms with Gasteiger partial charge in [-0.2, -0.15) is 5.26 Å². The first kappa shape index (κ1) is 15.0. The van der Waals surface area contributed by atoms with Crippen LogP contribution in [0.5, 0.6) is 0 Å². The van der Waals surface area contributed by atoms with Gasteiger partial charge in [-0.3, -0.25) is 4.79 Å². The Morgan fingerprint density at radius 2 is 2.16 bits per heavy atom. The maximum Gasteiger partial charge on any atom is 0.339 e. The van der Waals surface area contributed by atoms with E-state index in [9.17, 15) is 9.59 Å². The van der Waals surface area contributed by atoms with Gasteiger partial charge in [0, 0.05) is 5.69 Å². The van der Waals surface area contributed by atoms with Crippen molar-refractivity contribution >= 4 is 5.97 Å². The summed E-state index contributed by atoms with van der Waals surface area (Å²) in [5, 5.41) is 8.94. The normalized spacial score (nSPS) is 9.95. The quantitative estimate of drug-likeness (QED) is 0.629. The van der Waals surface area contributed by atoms with Crippen molar-refractivity contribution in [3.8, 4) is 6.07 Å². The smallest absolute Gasteiger partial charge is 0.339 e. The lowest BCUT2D eigenvalue weighted by molar-refractivity contribution is 0.0525. The molecule has 5 nitrogen and oxygen atoms in total. The van der Waals surface area contributed by atoms with Gasteiger partial charge in [-0.05, 0) is 25.8 Å². The SMILES string of the molecule is CCCCCc1cc(C(=O)OCC)c(C#N)c(=O)[nH]1. The Morgan fingerprint density at radius 3 is 2.74 bits per heavy atom. The molecule has 1 aromatic heterocycles. The van der Waals surface area contributed by atoms with Crippen LogP contribution in [0, 0.1) is 11.3 Å². The van der Waals surface area contributed by atoms with Gasteiger partial charge < -0.3 is 9.72 Å². The molecule has 0 aliphatic heterocycles. The van der Waals surface area contributed by atoms with Crippen LogP contribution >= 0.6 is 0 Å². The molecule has 1 aromatic rings. The van der Waals surface area contributed by atoms with Gasteiger partial charge >= 0.3 is 5.97 Å². The first-order valence-electron chi connectivity index (χ1n) is 6.47. The second-order valence-corrected chi connectivity index (χ2v) is 4.20. The van der Waals surface area contributed by atoms with E-state index in [0.29, 0.717) is 12.1 Å². The number of nitrogens with one attached hydrogen (secondary N) is 1. The molecule has 0 saturated heterocycles. The molecule has 0 amide bonds. The van der Waals surface area contributed by atoms with Crippen LogP contribution in [0.15, 0.2) is 10.9 Å². The summed E-state index contributed by atoms with van der Waals surface area (Å²) in [5.41, 5.74) is 0.0114. The van der Waals surface area contributed by atoms with Gasteiger partial charge in [-0.1, -0.05) is 19.8 Å². The molecular weight excluding hydrogens is 244 g/mol. The Bertz CT molecular complexity index is 541. The van der Waals surface area contributed by atoms with Crippen molar-refractivity contribution in [2.45, 2.75) is 39.5 Å². The van der Waals surface area contributed by atoms with Crippen LogP contribution in [-0.2, 0) is 11.2 Å². The number of H-pyrrole nitrogens is 1. The Hall–Kier alpha value is -2.09. The molecule has 0 spiro atoms. The van der Waals surface area contributed by atoms with Gasteiger partial charge in [0.05, 0.1) is 12.2 Å². The van der Waals surface area contributed by atoms with Crippen molar-refractivity contribution < 1.29 is 9.53 Å². The maximum absolute atomic E-state index is 11.7. The summed E-state index contributed by atoms with van der Waals surface area (Å²) in [4.78, 5) is 26.1. The molecule has 0 bridgehead atoms. The Labute approximate surface area is 112 Å². The average Bonchev–Trinajstić information content (AvgIpc) is 2.38. The Kier molecular flexibility index (Phi) is 5.80. The molecule has 0 atom stereocenters. The largest absolute Gasteiger partial charge is 0.462 e. The van der Waals surface area contributed by atoms with Gasteiger partial charge in [-0.25, -0.2) is 4.79 Å². The number of esters is 1. The van der Waals surface area contributed by atoms with Crippen molar-refractivity contribution in [3.05, 3.63) is 33.2 Å². The fourth-order valence-corrected chi connectivity index (χ4v) is 1.79. The van der Waals surface area contributed by atoms with E-state index < -0.39 is 11.5 Å². The molecule has 0 aromatic carbocycles. The number of carbonyl (C=O) groups excluding carboxylic acids is 1. The van der Waals surface area contributed by atoms with Crippen LogP contribution in [-0.4, -0.2) is 17.6 Å². The topological polar surface area (TPSA) is 82.9 Å². The molecular formula is C14H18N2O3. The van der Waals surface area contributed by atoms with Gasteiger partial charge in [0.15, 0.2) is 0 Å². The fraction of sp³-hybridized carbons (Fsp3) is 0.500. The summed E-state index contributed by atoms with van der Waals surface area (Å²) in [6, 6.07) is 3.30. The molecule has 0 aliphatic rings. The molecule has 19 heavy (non-hydrogen) atoms. The monoisotopic (exact) mass is 262 g/mol. The van der Waals surface area contributed by atoms with Crippen LogP contribution in [0.2, 0.25) is 0 Å². The second-order valence-electron chi connectivity index (χ2n) is 4.20. The van der Waals surface area contributed by atoms with E-state index in [0.717, 1.165) is 19.3 Å². The summed E-state index contributed by atoms with van der Waals surface area (Å²) in [6.07, 6.45) is 3.74. The zero-order valence-electron chi connectivity index (χ0n) is 11.3. The second kappa shape index (κ2) is 7.37. The lowest BCUT2D eigenvalue weighted by atomic mass is 10.1. The van der Waals surface area contributed by atoms with Crippen molar-refractivity contribution in [3.63, 3.8) is 0 Å². The van der Waals surface area contributed by atoms with Crippen LogP contribution in [0.25, 0.3) is 0 Å². The van der Waals surface area contributed by atoms with E-state index >= 15 is 0 Å². The van der Waals surface area contributed by atoms with E-state index in [1.54, 1.807) is 19.1 Å². The maximum atomic E-state index is 11.7. The highest BCUT2D eigenvalue weighted by atomic mass is 16.5. The summed E-state index contributed by atoms with van der Waals surface area (Å²) in [7, 11) is 0. The molecule has 5 heteroatoms. The highest BCUT2D eigenvalue weighted by Gasteiger charge is 2.17. The summed E-state index contributed by atoms with van der Waals surface area (Å²) in [5.74, 6) is -0.623. The molecule has 1 heterocycles. The lowest BCUT2D eigenvalue weighted by Crippen LogP contribution is -2.19. The predicted octanol–water partition coefficient (Wildman–Crippen LogP) is 2.16. The number of pyridine rings is 1. The molecule has 1 N–H and O–H groups in total. The number of unbranched alkanes of at least 4 members (excludes halogenated alkanes) is 2. The van der Waals surface area contributed by atoms with Crippen molar-refractivity contribution in [1.29, 1.82) is 5.26 Å². The van der Waals surface area contributed by atoms with Gasteiger partial charge in [0.1, 0.15) is 11.6 Å². The molecule has 102 valence electrons. The molecule has 0 aliphatic carbocycles. The number of carbonyl (C=O) groups is 1. The standard InChI is InChI=1S/C14H18N2O3/c1-3-5-6-7-10-8-11(14(18)19-4-2)12(9-15)13(17)16-10/h8H,3-7H2,1-2H3,(H,16,17). The highest BCUT2D eigenvalue weighted by Crippen LogP contribution is 2.10. The number of aromatic nitrogens is 1. The number of ether oxygens (including phenoxy) is 1. The molecule has 1 rings (SSSR count). The van der Waals surface area contributed by atoms with Crippen LogP contribution in [0.4, 0.5) is 0 Å². The van der Waals surface area contributed by atoms with Crippen LogP contribution in [0.3, 0.4) is 0 Å². The van der Waals surface area contributed by atoms with E-state index in [-0.39, 0.29) is 17.7 Å². The number of nitrogens with zero attached hydrogens (tertiary/aromatic N) is 1. The molecule has 0 radical (unpaired) electrons. The van der Waals surface area contributed by atoms with Gasteiger partial charge in [0.2, 0.25) is 0 Å². The number of hydrogen-bond acceptors (Lipinski definition) is 4. The van der Waals surface area contributed by atoms with Gasteiger partial charge in [0.25, 0.3) is 5.56 Å². The minimum absolute atomic E-state index is 0.0552. The van der Waals surface area contributed by atoms with Crippen LogP contribution < -0.4 is 5.56 Å². The summed E-state index contributed by atoms with van der Waals surface area (Å²) >= 11 is 0. The highest BCUT2D eigenvalue weighted by molar-refractivity contribution is 5.92. The minimum Gasteiger partial charge on any atom is -0.462 e. The number of aromatic amines is 1. The van der Waals surface area contributed by atoms with E-state index in [2.05, 4.69) is 11.9 Å². The number of aryl methyl sites for hydroxylation is 1. The van der Waals surface area contributed by atoms with Crippen molar-refractivity contribution in [2.75, 3.05) is 6.61 Å². The molecule has 0 saturated carbocycles. The fourth-order valence-electron chi connectivity index (χ4n) is 1.79. The predicted molar refractivity (Wildman–Crippen MR) is 71.0 cm³/mol. The molecule has 0 unspecified atom stereocenters. The minimum atomic E-state index is -0.623. The third-order valence-corrected chi connectivity index (χ3v) is 2.75. The third-order valence-electron chi connectivity index (χ3n) is 2.75. The zero-order valence-corrected chi connectivity index (χ0v) is 11.3. The van der Waals surface area contributed by atoms with E-state index in [1.807, 2.05) is 0 Å². The Morgan fingerprint density at radius 1 is 1.42 bits per heavy atom. The van der Waals surface area contributed by atoms with Crippen molar-refractivity contribution in [2.24, 2.45) is 0 Å². The summed E-state index contributed by atoms with van der Waals surface area (Å²) in [6.45, 7) is 3.98. The van der Waals surface area contributed by atoms with Crippen molar-refractivity contribution in [1.82, 2.24) is 4.98 Å². The molecule has 0 fully saturated rings. The summed E-state index contributed by atoms with van der Waals surface area (Å²) < 4.78 is 4.86. The number of hydrogen-bond donors (Lipinski definition) is 1. The van der Waals surface area contributed by atoms with Gasteiger partial charge in [-0.15, -0.1) is 0 Å². The van der Waals surface area contributed by atoms with E-state index in [4.69, 9.17) is 10.00 Å². The third kappa shape index (κ3) is 3.95. The zero-order chi connectivity index (χ0) is 14.3. The number of rotatable bonds is 6. The first-order valence-corrected chi connectivity index (χ1v) is 6.47. The Balaban J connectivity index is 3.09. The average molecular weight is 262 g/mol.